The van der Waals surface area contributed by atoms with Crippen LogP contribution in [0.15, 0.2) is 53.4 Å². The molecule has 0 heterocycles. The van der Waals surface area contributed by atoms with Crippen molar-refractivity contribution in [2.75, 3.05) is 12.4 Å². The number of hydrogen-bond donors (Lipinski definition) is 0. The number of hydrogen-bond acceptors (Lipinski definition) is 7. The van der Waals surface area contributed by atoms with Crippen LogP contribution in [-0.4, -0.2) is 29.2 Å². The molecule has 0 aliphatic carbocycles. The van der Waals surface area contributed by atoms with Crippen LogP contribution in [0.5, 0.6) is 5.75 Å². The molecule has 0 saturated carbocycles. The molecule has 0 N–H and O–H groups in total. The van der Waals surface area contributed by atoms with Gasteiger partial charge in [0.2, 0.25) is 0 Å². The van der Waals surface area contributed by atoms with Gasteiger partial charge in [-0.05, 0) is 25.1 Å². The number of carbonyl (C=O) groups is 2. The van der Waals surface area contributed by atoms with Crippen LogP contribution in [0.3, 0.4) is 0 Å². The molecule has 0 aliphatic heterocycles. The molecule has 2 aromatic rings. The summed E-state index contributed by atoms with van der Waals surface area (Å²) >= 11 is 0.995. The number of ether oxygens (including phenoxy) is 2. The number of esters is 2. The van der Waals surface area contributed by atoms with Gasteiger partial charge >= 0.3 is 11.9 Å². The summed E-state index contributed by atoms with van der Waals surface area (Å²) < 4.78 is 10.1. The molecule has 2 rings (SSSR count). The molecule has 0 fully saturated rings. The Hall–Kier alpha value is -2.87. The van der Waals surface area contributed by atoms with Gasteiger partial charge in [0.25, 0.3) is 5.69 Å². The lowest BCUT2D eigenvalue weighted by Crippen LogP contribution is -2.14. The summed E-state index contributed by atoms with van der Waals surface area (Å²) in [4.78, 5) is 34.7. The van der Waals surface area contributed by atoms with Crippen molar-refractivity contribution >= 4 is 29.4 Å². The number of para-hydroxylation sites is 2. The number of nitro benzene ring substituents is 1. The molecule has 130 valence electrons. The van der Waals surface area contributed by atoms with Gasteiger partial charge in [0.15, 0.2) is 0 Å². The van der Waals surface area contributed by atoms with Gasteiger partial charge in [-0.1, -0.05) is 24.3 Å². The first kappa shape index (κ1) is 18.5. The van der Waals surface area contributed by atoms with E-state index < -0.39 is 16.9 Å². The summed E-state index contributed by atoms with van der Waals surface area (Å²) in [5, 5.41) is 11.0. The van der Waals surface area contributed by atoms with Crippen LogP contribution < -0.4 is 4.74 Å². The van der Waals surface area contributed by atoms with Crippen molar-refractivity contribution in [1.82, 2.24) is 0 Å². The van der Waals surface area contributed by atoms with Crippen molar-refractivity contribution < 1.29 is 24.0 Å². The summed E-state index contributed by atoms with van der Waals surface area (Å²) in [6.07, 6.45) is 0. The minimum Gasteiger partial charge on any atom is -0.462 e. The summed E-state index contributed by atoms with van der Waals surface area (Å²) in [7, 11) is 0. The predicted octanol–water partition coefficient (Wildman–Crippen LogP) is 3.47. The van der Waals surface area contributed by atoms with Crippen molar-refractivity contribution in [3.05, 3.63) is 64.2 Å². The van der Waals surface area contributed by atoms with Crippen molar-refractivity contribution in [3.63, 3.8) is 0 Å². The molecular weight excluding hydrogens is 346 g/mol. The lowest BCUT2D eigenvalue weighted by Gasteiger charge is -2.09. The Morgan fingerprint density at radius 2 is 1.80 bits per heavy atom. The highest BCUT2D eigenvalue weighted by molar-refractivity contribution is 8.00. The van der Waals surface area contributed by atoms with Gasteiger partial charge in [-0.15, -0.1) is 11.8 Å². The fraction of sp³-hybridized carbons (Fsp3) is 0.176. The molecule has 0 unspecified atom stereocenters. The number of nitro groups is 1. The standard InChI is InChI=1S/C17H15NO6S/c1-2-23-17(20)12-7-3-5-9-14(12)24-16(19)11-25-15-10-6-4-8-13(15)18(21)22/h3-10H,2,11H2,1H3. The summed E-state index contributed by atoms with van der Waals surface area (Å²) in [6, 6.07) is 12.4. The lowest BCUT2D eigenvalue weighted by molar-refractivity contribution is -0.387. The Labute approximate surface area is 148 Å². The molecule has 0 atom stereocenters. The third-order valence-electron chi connectivity index (χ3n) is 3.01. The third kappa shape index (κ3) is 5.05. The van der Waals surface area contributed by atoms with E-state index >= 15 is 0 Å². The third-order valence-corrected chi connectivity index (χ3v) is 4.05. The van der Waals surface area contributed by atoms with Crippen molar-refractivity contribution in [2.24, 2.45) is 0 Å². The van der Waals surface area contributed by atoms with Crippen LogP contribution in [-0.2, 0) is 9.53 Å². The van der Waals surface area contributed by atoms with Crippen LogP contribution in [0.1, 0.15) is 17.3 Å². The van der Waals surface area contributed by atoms with E-state index in [4.69, 9.17) is 9.47 Å². The second-order valence-corrected chi connectivity index (χ2v) is 5.72. The van der Waals surface area contributed by atoms with E-state index in [0.717, 1.165) is 11.8 Å². The van der Waals surface area contributed by atoms with Gasteiger partial charge in [-0.2, -0.15) is 0 Å². The normalized spacial score (nSPS) is 10.1. The highest BCUT2D eigenvalue weighted by Gasteiger charge is 2.18. The summed E-state index contributed by atoms with van der Waals surface area (Å²) in [5.74, 6) is -1.26. The Morgan fingerprint density at radius 3 is 2.52 bits per heavy atom. The van der Waals surface area contributed by atoms with Gasteiger partial charge in [0.05, 0.1) is 22.2 Å². The Bertz CT molecular complexity index is 792. The number of benzene rings is 2. The molecule has 7 nitrogen and oxygen atoms in total. The highest BCUT2D eigenvalue weighted by atomic mass is 32.2. The smallest absolute Gasteiger partial charge is 0.341 e. The van der Waals surface area contributed by atoms with Crippen LogP contribution in [0, 0.1) is 10.1 Å². The first-order valence-corrected chi connectivity index (χ1v) is 8.34. The van der Waals surface area contributed by atoms with E-state index in [2.05, 4.69) is 0 Å². The molecule has 25 heavy (non-hydrogen) atoms. The maximum atomic E-state index is 12.0. The second kappa shape index (κ2) is 8.84. The zero-order valence-electron chi connectivity index (χ0n) is 13.3. The predicted molar refractivity (Wildman–Crippen MR) is 91.9 cm³/mol. The van der Waals surface area contributed by atoms with E-state index in [9.17, 15) is 19.7 Å². The number of rotatable bonds is 7. The molecule has 0 radical (unpaired) electrons. The van der Waals surface area contributed by atoms with E-state index in [1.165, 1.54) is 18.2 Å². The maximum absolute atomic E-state index is 12.0. The molecule has 0 saturated heterocycles. The van der Waals surface area contributed by atoms with E-state index in [1.807, 2.05) is 0 Å². The summed E-state index contributed by atoms with van der Waals surface area (Å²) in [6.45, 7) is 1.88. The first-order chi connectivity index (χ1) is 12.0. The molecule has 0 spiro atoms. The van der Waals surface area contributed by atoms with E-state index in [0.29, 0.717) is 4.90 Å². The Balaban J connectivity index is 2.05. The minimum atomic E-state index is -0.625. The van der Waals surface area contributed by atoms with Crippen LogP contribution in [0.25, 0.3) is 0 Å². The van der Waals surface area contributed by atoms with Crippen molar-refractivity contribution in [3.8, 4) is 5.75 Å². The molecule has 2 aromatic carbocycles. The minimum absolute atomic E-state index is 0.0766. The van der Waals surface area contributed by atoms with Crippen molar-refractivity contribution in [1.29, 1.82) is 0 Å². The molecular formula is C17H15NO6S. The number of carbonyl (C=O) groups excluding carboxylic acids is 2. The molecule has 0 aromatic heterocycles. The number of thioether (sulfide) groups is 1. The van der Waals surface area contributed by atoms with Crippen molar-refractivity contribution in [2.45, 2.75) is 11.8 Å². The molecule has 8 heteroatoms. The Morgan fingerprint density at radius 1 is 1.12 bits per heavy atom. The fourth-order valence-corrected chi connectivity index (χ4v) is 2.75. The zero-order chi connectivity index (χ0) is 18.2. The number of nitrogens with zero attached hydrogens (tertiary/aromatic N) is 1. The first-order valence-electron chi connectivity index (χ1n) is 7.36. The largest absolute Gasteiger partial charge is 0.462 e. The monoisotopic (exact) mass is 361 g/mol. The highest BCUT2D eigenvalue weighted by Crippen LogP contribution is 2.29. The van der Waals surface area contributed by atoms with Crippen LogP contribution in [0.4, 0.5) is 5.69 Å². The van der Waals surface area contributed by atoms with Crippen LogP contribution in [0.2, 0.25) is 0 Å². The van der Waals surface area contributed by atoms with Gasteiger partial charge in [-0.25, -0.2) is 4.79 Å². The average Bonchev–Trinajstić information content (AvgIpc) is 2.60. The maximum Gasteiger partial charge on any atom is 0.341 e. The van der Waals surface area contributed by atoms with Gasteiger partial charge in [0, 0.05) is 6.07 Å². The Kier molecular flexibility index (Phi) is 6.53. The van der Waals surface area contributed by atoms with E-state index in [-0.39, 0.29) is 29.4 Å². The second-order valence-electron chi connectivity index (χ2n) is 4.70. The van der Waals surface area contributed by atoms with Crippen LogP contribution >= 0.6 is 11.8 Å². The molecule has 0 amide bonds. The summed E-state index contributed by atoms with van der Waals surface area (Å²) in [5.41, 5.74) is 0.0700. The van der Waals surface area contributed by atoms with Gasteiger partial charge in [-0.3, -0.25) is 14.9 Å². The topological polar surface area (TPSA) is 95.7 Å². The van der Waals surface area contributed by atoms with Gasteiger partial charge < -0.3 is 9.47 Å². The van der Waals surface area contributed by atoms with Gasteiger partial charge in [0.1, 0.15) is 11.3 Å². The van der Waals surface area contributed by atoms with E-state index in [1.54, 1.807) is 37.3 Å². The average molecular weight is 361 g/mol. The molecule has 0 aliphatic rings. The zero-order valence-corrected chi connectivity index (χ0v) is 14.2. The molecule has 0 bridgehead atoms. The lowest BCUT2D eigenvalue weighted by atomic mass is 10.2. The fourth-order valence-electron chi connectivity index (χ4n) is 1.95. The quantitative estimate of drug-likeness (QED) is 0.245. The SMILES string of the molecule is CCOC(=O)c1ccccc1OC(=O)CSc1ccccc1[N+](=O)[O-].